The molecule has 0 radical (unpaired) electrons. The first kappa shape index (κ1) is 26.5. The van der Waals surface area contributed by atoms with Gasteiger partial charge in [0.05, 0.1) is 25.6 Å². The fourth-order valence-electron chi connectivity index (χ4n) is 4.32. The highest BCUT2D eigenvalue weighted by molar-refractivity contribution is 7.52. The summed E-state index contributed by atoms with van der Waals surface area (Å²) in [5.74, 6) is -0.182. The number of hydrogen-bond acceptors (Lipinski definition) is 12. The molecule has 2 aliphatic heterocycles. The van der Waals surface area contributed by atoms with Gasteiger partial charge in [-0.2, -0.15) is 5.09 Å². The quantitative estimate of drug-likeness (QED) is 0.245. The molecule has 4 N–H and O–H groups in total. The molecule has 2 fully saturated rings. The van der Waals surface area contributed by atoms with Gasteiger partial charge in [0.25, 0.3) is 0 Å². The first-order valence-corrected chi connectivity index (χ1v) is 13.5. The van der Waals surface area contributed by atoms with E-state index in [9.17, 15) is 14.5 Å². The van der Waals surface area contributed by atoms with E-state index in [-0.39, 0.29) is 30.9 Å². The molecule has 14 nitrogen and oxygen atoms in total. The average Bonchev–Trinajstić information content (AvgIpc) is 3.53. The van der Waals surface area contributed by atoms with Crippen LogP contribution in [0.1, 0.15) is 27.0 Å². The molecule has 1 aromatic carbocycles. The molecule has 2 bridgehead atoms. The van der Waals surface area contributed by atoms with Crippen molar-refractivity contribution in [1.29, 1.82) is 0 Å². The van der Waals surface area contributed by atoms with Crippen molar-refractivity contribution in [3.8, 4) is 5.75 Å². The Balaban J connectivity index is 1.36. The highest BCUT2D eigenvalue weighted by Crippen LogP contribution is 2.50. The van der Waals surface area contributed by atoms with Crippen molar-refractivity contribution < 1.29 is 37.7 Å². The lowest BCUT2D eigenvalue weighted by molar-refractivity contribution is -0.183. The van der Waals surface area contributed by atoms with E-state index in [1.165, 1.54) is 19.6 Å². The smallest absolute Gasteiger partial charge is 0.459 e. The maximum atomic E-state index is 13.9. The van der Waals surface area contributed by atoms with Crippen LogP contribution in [-0.4, -0.2) is 73.8 Å². The minimum atomic E-state index is -4.19. The van der Waals surface area contributed by atoms with Gasteiger partial charge in [-0.3, -0.25) is 13.9 Å². The number of nitrogens with zero attached hydrogens (tertiary/aromatic N) is 4. The van der Waals surface area contributed by atoms with Gasteiger partial charge in [0.15, 0.2) is 17.7 Å². The normalized spacial score (nSPS) is 26.9. The molecule has 204 valence electrons. The Morgan fingerprint density at radius 3 is 2.79 bits per heavy atom. The lowest BCUT2D eigenvalue weighted by Crippen LogP contribution is -2.46. The van der Waals surface area contributed by atoms with Gasteiger partial charge in [0, 0.05) is 0 Å². The van der Waals surface area contributed by atoms with Gasteiger partial charge in [-0.1, -0.05) is 18.2 Å². The molecule has 3 aromatic rings. The number of aliphatic hydroxyl groups excluding tert-OH is 1. The molecule has 38 heavy (non-hydrogen) atoms. The molecule has 0 amide bonds. The van der Waals surface area contributed by atoms with Crippen LogP contribution in [0.2, 0.25) is 0 Å². The summed E-state index contributed by atoms with van der Waals surface area (Å²) in [6.07, 6.45) is -0.338. The molecule has 5 rings (SSSR count). The number of nitrogens with one attached hydrogen (secondary N) is 1. The second-order valence-corrected chi connectivity index (χ2v) is 11.1. The Morgan fingerprint density at radius 2 is 2.05 bits per heavy atom. The van der Waals surface area contributed by atoms with Crippen molar-refractivity contribution in [2.75, 3.05) is 18.9 Å². The number of aromatic nitrogens is 4. The van der Waals surface area contributed by atoms with Crippen molar-refractivity contribution in [2.45, 2.75) is 57.0 Å². The molecule has 0 aliphatic carbocycles. The highest BCUT2D eigenvalue weighted by atomic mass is 31.2. The molecule has 0 saturated carbocycles. The molecular weight excluding hydrogens is 519 g/mol. The minimum absolute atomic E-state index is 0.0324. The van der Waals surface area contributed by atoms with E-state index in [0.717, 1.165) is 0 Å². The summed E-state index contributed by atoms with van der Waals surface area (Å²) in [4.78, 5) is 24.8. The fourth-order valence-corrected chi connectivity index (χ4v) is 5.87. The number of carbonyl (C=O) groups is 1. The number of benzene rings is 1. The van der Waals surface area contributed by atoms with Crippen molar-refractivity contribution in [3.63, 3.8) is 0 Å². The summed E-state index contributed by atoms with van der Waals surface area (Å²) < 4.78 is 44.2. The Kier molecular flexibility index (Phi) is 7.11. The Labute approximate surface area is 218 Å². The van der Waals surface area contributed by atoms with Crippen molar-refractivity contribution in [1.82, 2.24) is 24.6 Å². The zero-order valence-corrected chi connectivity index (χ0v) is 21.9. The summed E-state index contributed by atoms with van der Waals surface area (Å²) in [5, 5.41) is 13.7. The summed E-state index contributed by atoms with van der Waals surface area (Å²) >= 11 is 0. The second-order valence-electron chi connectivity index (χ2n) is 9.39. The Bertz CT molecular complexity index is 1360. The number of fused-ring (bicyclic) bond motifs is 3. The van der Waals surface area contributed by atoms with Gasteiger partial charge in [0.2, 0.25) is 0 Å². The van der Waals surface area contributed by atoms with Crippen LogP contribution in [0.15, 0.2) is 43.0 Å². The summed E-state index contributed by atoms with van der Waals surface area (Å²) in [6, 6.07) is 7.33. The van der Waals surface area contributed by atoms with Crippen LogP contribution in [0, 0.1) is 0 Å². The topological polar surface area (TPSA) is 182 Å². The standard InChI is InChI=1S/C23H29N6O8P/c1-13(2)35-22(31)14(3)28-38(32,37-15-7-5-4-6-8-15)34-10-23-9-33-17(18(23)30)21(36-23)29-12-27-16-19(24)25-11-26-20(16)29/h4-8,11-14,17-18,21,30H,9-10H2,1-3H3,(H,28,32)(H2,24,25,26)/t14?,17-,18+,21-,23-,38?/m1/s1. The molecule has 2 aliphatic rings. The first-order valence-electron chi connectivity index (χ1n) is 12.0. The Morgan fingerprint density at radius 1 is 1.29 bits per heavy atom. The maximum Gasteiger partial charge on any atom is 0.459 e. The molecule has 2 unspecified atom stereocenters. The third kappa shape index (κ3) is 4.98. The van der Waals surface area contributed by atoms with E-state index in [0.29, 0.717) is 11.2 Å². The number of imidazole rings is 1. The molecule has 15 heteroatoms. The lowest BCUT2D eigenvalue weighted by atomic mass is 10.0. The summed E-state index contributed by atoms with van der Waals surface area (Å²) in [5.41, 5.74) is 5.29. The van der Waals surface area contributed by atoms with E-state index in [1.54, 1.807) is 48.7 Å². The second kappa shape index (κ2) is 10.2. The largest absolute Gasteiger partial charge is 0.462 e. The highest BCUT2D eigenvalue weighted by Gasteiger charge is 2.63. The third-order valence-corrected chi connectivity index (χ3v) is 7.80. The number of para-hydroxylation sites is 1. The minimum Gasteiger partial charge on any atom is -0.462 e. The number of hydrogen-bond donors (Lipinski definition) is 3. The number of nitrogen functional groups attached to an aromatic ring is 1. The monoisotopic (exact) mass is 548 g/mol. The van der Waals surface area contributed by atoms with Gasteiger partial charge in [0.1, 0.15) is 41.4 Å². The van der Waals surface area contributed by atoms with Crippen LogP contribution in [-0.2, 0) is 28.1 Å². The van der Waals surface area contributed by atoms with E-state index < -0.39 is 43.8 Å². The molecule has 4 heterocycles. The number of nitrogens with two attached hydrogens (primary N) is 1. The third-order valence-electron chi connectivity index (χ3n) is 6.17. The van der Waals surface area contributed by atoms with Gasteiger partial charge < -0.3 is 29.6 Å². The van der Waals surface area contributed by atoms with E-state index in [1.807, 2.05) is 0 Å². The number of esters is 1. The molecule has 2 saturated heterocycles. The van der Waals surface area contributed by atoms with Crippen LogP contribution < -0.4 is 15.3 Å². The van der Waals surface area contributed by atoms with Crippen LogP contribution in [0.5, 0.6) is 5.75 Å². The summed E-state index contributed by atoms with van der Waals surface area (Å²) in [7, 11) is -4.19. The van der Waals surface area contributed by atoms with Gasteiger partial charge in [-0.25, -0.2) is 19.5 Å². The predicted octanol–water partition coefficient (Wildman–Crippen LogP) is 1.57. The molecule has 6 atom stereocenters. The van der Waals surface area contributed by atoms with Crippen LogP contribution >= 0.6 is 7.75 Å². The van der Waals surface area contributed by atoms with Crippen molar-refractivity contribution in [2.24, 2.45) is 0 Å². The number of ether oxygens (including phenoxy) is 3. The number of aliphatic hydroxyl groups is 1. The van der Waals surface area contributed by atoms with Crippen molar-refractivity contribution in [3.05, 3.63) is 43.0 Å². The van der Waals surface area contributed by atoms with Crippen LogP contribution in [0.4, 0.5) is 5.82 Å². The van der Waals surface area contributed by atoms with Crippen molar-refractivity contribution >= 4 is 30.7 Å². The van der Waals surface area contributed by atoms with Gasteiger partial charge in [-0.05, 0) is 32.9 Å². The van der Waals surface area contributed by atoms with Crippen LogP contribution in [0.25, 0.3) is 11.2 Å². The van der Waals surface area contributed by atoms with E-state index >= 15 is 0 Å². The fraction of sp³-hybridized carbons (Fsp3) is 0.478. The van der Waals surface area contributed by atoms with Gasteiger partial charge >= 0.3 is 13.7 Å². The molecule has 2 aromatic heterocycles. The van der Waals surface area contributed by atoms with E-state index in [4.69, 9.17) is 29.0 Å². The zero-order chi connectivity index (χ0) is 27.1. The molecule has 0 spiro atoms. The lowest BCUT2D eigenvalue weighted by Gasteiger charge is -2.32. The van der Waals surface area contributed by atoms with Gasteiger partial charge in [-0.15, -0.1) is 0 Å². The maximum absolute atomic E-state index is 13.9. The predicted molar refractivity (Wildman–Crippen MR) is 133 cm³/mol. The van der Waals surface area contributed by atoms with Crippen LogP contribution in [0.3, 0.4) is 0 Å². The average molecular weight is 548 g/mol. The number of carbonyl (C=O) groups excluding carboxylic acids is 1. The summed E-state index contributed by atoms with van der Waals surface area (Å²) in [6.45, 7) is 4.48. The Hall–Kier alpha value is -3.13. The SMILES string of the molecule is CC(C)OC(=O)C(C)NP(=O)(OC[C@@]12CO[C@@H]([C@H](n3cnc4c(N)ncnc43)O1)[C@@H]2O)Oc1ccccc1. The first-order chi connectivity index (χ1) is 18.1. The number of anilines is 1. The van der Waals surface area contributed by atoms with E-state index in [2.05, 4.69) is 20.0 Å². The molecular formula is C23H29N6O8P. The zero-order valence-electron chi connectivity index (χ0n) is 21.0. The number of rotatable bonds is 10.